The highest BCUT2D eigenvalue weighted by Gasteiger charge is 2.62. The van der Waals surface area contributed by atoms with Gasteiger partial charge in [-0.1, -0.05) is 20.8 Å². The molecule has 4 rings (SSSR count). The van der Waals surface area contributed by atoms with Crippen LogP contribution in [0.15, 0.2) is 0 Å². The van der Waals surface area contributed by atoms with Crippen molar-refractivity contribution in [2.75, 3.05) is 12.3 Å². The predicted molar refractivity (Wildman–Crippen MR) is 130 cm³/mol. The van der Waals surface area contributed by atoms with Crippen LogP contribution in [0.5, 0.6) is 0 Å². The molecule has 0 spiro atoms. The van der Waals surface area contributed by atoms with Crippen LogP contribution in [0.25, 0.3) is 0 Å². The van der Waals surface area contributed by atoms with Crippen LogP contribution in [0, 0.1) is 46.3 Å². The number of hydrogen-bond donors (Lipinski definition) is 4. The molecule has 7 nitrogen and oxygen atoms in total. The van der Waals surface area contributed by atoms with Crippen LogP contribution < -0.4 is 5.32 Å². The maximum Gasteiger partial charge on any atom is 0.266 e. The Balaban J connectivity index is 1.38. The molecule has 4 aliphatic rings. The minimum atomic E-state index is -4.06. The van der Waals surface area contributed by atoms with E-state index in [1.807, 2.05) is 0 Å². The van der Waals surface area contributed by atoms with Gasteiger partial charge in [0.1, 0.15) is 0 Å². The zero-order valence-corrected chi connectivity index (χ0v) is 21.9. The van der Waals surface area contributed by atoms with Gasteiger partial charge in [-0.05, 0) is 104 Å². The van der Waals surface area contributed by atoms with Crippen molar-refractivity contribution in [2.45, 2.75) is 97.2 Å². The summed E-state index contributed by atoms with van der Waals surface area (Å²) in [5, 5.41) is 24.0. The van der Waals surface area contributed by atoms with Gasteiger partial charge in [0.25, 0.3) is 10.1 Å². The molecular weight excluding hydrogens is 454 g/mol. The number of carbonyl (C=O) groups excluding carboxylic acids is 1. The van der Waals surface area contributed by atoms with Gasteiger partial charge in [-0.15, -0.1) is 0 Å². The molecule has 0 aromatic carbocycles. The number of carbonyl (C=O) groups is 1. The maximum absolute atomic E-state index is 12.2. The van der Waals surface area contributed by atoms with Crippen molar-refractivity contribution in [2.24, 2.45) is 46.3 Å². The molecule has 34 heavy (non-hydrogen) atoms. The number of nitrogens with one attached hydrogen (secondary N) is 1. The lowest BCUT2D eigenvalue weighted by Gasteiger charge is -2.62. The fourth-order valence-corrected chi connectivity index (χ4v) is 9.58. The van der Waals surface area contributed by atoms with Gasteiger partial charge in [0.05, 0.1) is 18.0 Å². The normalized spacial score (nSPS) is 45.1. The fourth-order valence-electron chi connectivity index (χ4n) is 9.22. The van der Waals surface area contributed by atoms with Gasteiger partial charge >= 0.3 is 0 Å². The highest BCUT2D eigenvalue weighted by molar-refractivity contribution is 7.85. The molecule has 0 radical (unpaired) electrons. The topological polar surface area (TPSA) is 124 Å². The first kappa shape index (κ1) is 26.4. The standard InChI is InChI=1S/C26H45NO6S/c1-16(4-7-24(30)27-12-13-34(31,32)33)19-5-6-20-18-15-23(29)22-14-17(28)8-10-26(22,3)21(18)9-11-25(19,20)2/h16-23,28-29H,4-15H2,1-3H3,(H,27,30)(H,31,32,33)/t16-,17-,18+,19-,20+,21+,22+,23+,25-,26-/m0/s1. The summed E-state index contributed by atoms with van der Waals surface area (Å²) >= 11 is 0. The predicted octanol–water partition coefficient (Wildman–Crippen LogP) is 3.40. The third kappa shape index (κ3) is 4.94. The largest absolute Gasteiger partial charge is 0.393 e. The third-order valence-corrected chi connectivity index (χ3v) is 11.6. The van der Waals surface area contributed by atoms with Crippen LogP contribution >= 0.6 is 0 Å². The van der Waals surface area contributed by atoms with E-state index < -0.39 is 15.9 Å². The van der Waals surface area contributed by atoms with Crippen LogP contribution in [0.1, 0.15) is 85.0 Å². The highest BCUT2D eigenvalue weighted by Crippen LogP contribution is 2.68. The molecule has 8 heteroatoms. The van der Waals surface area contributed by atoms with Gasteiger partial charge in [-0.2, -0.15) is 8.42 Å². The van der Waals surface area contributed by atoms with Gasteiger partial charge in [0.15, 0.2) is 0 Å². The summed E-state index contributed by atoms with van der Waals surface area (Å²) < 4.78 is 30.5. The summed E-state index contributed by atoms with van der Waals surface area (Å²) in [5.74, 6) is 2.36. The minimum Gasteiger partial charge on any atom is -0.393 e. The lowest BCUT2D eigenvalue weighted by Crippen LogP contribution is -2.58. The Hall–Kier alpha value is -0.700. The van der Waals surface area contributed by atoms with Crippen molar-refractivity contribution in [3.05, 3.63) is 0 Å². The van der Waals surface area contributed by atoms with Gasteiger partial charge in [0, 0.05) is 13.0 Å². The molecule has 0 aromatic heterocycles. The van der Waals surface area contributed by atoms with Crippen molar-refractivity contribution in [1.82, 2.24) is 5.32 Å². The summed E-state index contributed by atoms with van der Waals surface area (Å²) in [6.45, 7) is 7.05. The molecule has 0 aliphatic heterocycles. The van der Waals surface area contributed by atoms with Crippen molar-refractivity contribution < 1.29 is 28.0 Å². The van der Waals surface area contributed by atoms with Gasteiger partial charge < -0.3 is 15.5 Å². The molecule has 10 atom stereocenters. The molecule has 1 amide bonds. The Morgan fingerprint density at radius 1 is 1.00 bits per heavy atom. The van der Waals surface area contributed by atoms with Crippen molar-refractivity contribution >= 4 is 16.0 Å². The first-order valence-corrected chi connectivity index (χ1v) is 15.0. The summed E-state index contributed by atoms with van der Waals surface area (Å²) in [6.07, 6.45) is 8.84. The summed E-state index contributed by atoms with van der Waals surface area (Å²) in [6, 6.07) is 0. The number of amides is 1. The lowest BCUT2D eigenvalue weighted by molar-refractivity contribution is -0.172. The molecular formula is C26H45NO6S. The third-order valence-electron chi connectivity index (χ3n) is 10.9. The summed E-state index contributed by atoms with van der Waals surface area (Å²) in [4.78, 5) is 12.2. The molecule has 4 saturated carbocycles. The van der Waals surface area contributed by atoms with Crippen LogP contribution in [-0.4, -0.2) is 53.6 Å². The summed E-state index contributed by atoms with van der Waals surface area (Å²) in [7, 11) is -4.06. The van der Waals surface area contributed by atoms with E-state index in [1.165, 1.54) is 25.7 Å². The Morgan fingerprint density at radius 2 is 1.68 bits per heavy atom. The van der Waals surface area contributed by atoms with E-state index in [1.54, 1.807) is 0 Å². The molecule has 0 bridgehead atoms. The lowest BCUT2D eigenvalue weighted by atomic mass is 9.44. The number of aliphatic hydroxyl groups excluding tert-OH is 2. The van der Waals surface area contributed by atoms with E-state index in [2.05, 4.69) is 26.1 Å². The van der Waals surface area contributed by atoms with E-state index in [4.69, 9.17) is 4.55 Å². The minimum absolute atomic E-state index is 0.0581. The summed E-state index contributed by atoms with van der Waals surface area (Å²) in [5.41, 5.74) is 0.367. The number of aliphatic hydroxyl groups is 2. The molecule has 4 fully saturated rings. The Morgan fingerprint density at radius 3 is 2.38 bits per heavy atom. The van der Waals surface area contributed by atoms with E-state index in [9.17, 15) is 23.4 Å². The Labute approximate surface area is 205 Å². The van der Waals surface area contributed by atoms with Crippen molar-refractivity contribution in [1.29, 1.82) is 0 Å². The number of hydrogen-bond acceptors (Lipinski definition) is 5. The average Bonchev–Trinajstić information content (AvgIpc) is 3.10. The molecule has 0 aromatic rings. The number of rotatable bonds is 7. The zero-order chi connectivity index (χ0) is 24.9. The number of fused-ring (bicyclic) bond motifs is 5. The van der Waals surface area contributed by atoms with E-state index >= 15 is 0 Å². The SMILES string of the molecule is C[C@@H](CCC(=O)NCCS(=O)(=O)O)[C@@H]1CC[C@@H]2[C@H]3C[C@@H](O)[C@H]4C[C@@H](O)CC[C@@]4(C)[C@@H]3CC[C@]21C. The first-order valence-electron chi connectivity index (χ1n) is 13.4. The van der Waals surface area contributed by atoms with Crippen molar-refractivity contribution in [3.8, 4) is 0 Å². The van der Waals surface area contributed by atoms with Crippen LogP contribution in [-0.2, 0) is 14.9 Å². The smallest absolute Gasteiger partial charge is 0.266 e. The molecule has 0 heterocycles. The quantitative estimate of drug-likeness (QED) is 0.398. The zero-order valence-electron chi connectivity index (χ0n) is 21.1. The second-order valence-corrected chi connectivity index (χ2v) is 14.2. The van der Waals surface area contributed by atoms with Gasteiger partial charge in [-0.3, -0.25) is 9.35 Å². The van der Waals surface area contributed by atoms with Crippen LogP contribution in [0.2, 0.25) is 0 Å². The Kier molecular flexibility index (Phi) is 7.47. The molecule has 4 N–H and O–H groups in total. The Bertz CT molecular complexity index is 863. The molecule has 4 aliphatic carbocycles. The highest BCUT2D eigenvalue weighted by atomic mass is 32.2. The van der Waals surface area contributed by atoms with Crippen molar-refractivity contribution in [3.63, 3.8) is 0 Å². The molecule has 196 valence electrons. The average molecular weight is 500 g/mol. The first-order chi connectivity index (χ1) is 15.8. The maximum atomic E-state index is 12.2. The van der Waals surface area contributed by atoms with Crippen LogP contribution in [0.4, 0.5) is 0 Å². The second-order valence-electron chi connectivity index (χ2n) is 12.6. The van der Waals surface area contributed by atoms with E-state index in [0.29, 0.717) is 36.0 Å². The van der Waals surface area contributed by atoms with E-state index in [-0.39, 0.29) is 41.4 Å². The molecule has 0 saturated heterocycles. The second kappa shape index (κ2) is 9.64. The van der Waals surface area contributed by atoms with Crippen LogP contribution in [0.3, 0.4) is 0 Å². The monoisotopic (exact) mass is 499 g/mol. The van der Waals surface area contributed by atoms with Gasteiger partial charge in [0.2, 0.25) is 5.91 Å². The van der Waals surface area contributed by atoms with Gasteiger partial charge in [-0.25, -0.2) is 0 Å². The fraction of sp³-hybridized carbons (Fsp3) is 0.962. The molecule has 0 unspecified atom stereocenters. The van der Waals surface area contributed by atoms with E-state index in [0.717, 1.165) is 32.1 Å².